The molecule has 2 aliphatic rings. The van der Waals surface area contributed by atoms with E-state index in [1.165, 1.54) is 5.56 Å². The molecule has 0 radical (unpaired) electrons. The maximum atomic E-state index is 13.4. The van der Waals surface area contributed by atoms with E-state index in [1.54, 1.807) is 11.8 Å². The first-order valence-electron chi connectivity index (χ1n) is 12.0. The number of thioether (sulfide) groups is 1. The first kappa shape index (κ1) is 24.1. The van der Waals surface area contributed by atoms with Crippen molar-refractivity contribution < 1.29 is 4.79 Å². The molecule has 0 amide bonds. The number of carbonyl (C=O) groups is 1. The highest BCUT2D eigenvalue weighted by molar-refractivity contribution is 7.98. The number of carbonyl (C=O) groups excluding carboxylic acids is 1. The van der Waals surface area contributed by atoms with Crippen molar-refractivity contribution in [1.82, 2.24) is 14.8 Å². The van der Waals surface area contributed by atoms with Gasteiger partial charge in [-0.1, -0.05) is 100 Å². The fourth-order valence-electron chi connectivity index (χ4n) is 4.88. The van der Waals surface area contributed by atoms with Crippen molar-refractivity contribution in [2.75, 3.05) is 5.32 Å². The number of allylic oxidation sites excluding steroid dienone is 2. The van der Waals surface area contributed by atoms with Crippen LogP contribution in [0.5, 0.6) is 0 Å². The molecule has 0 saturated heterocycles. The van der Waals surface area contributed by atoms with Gasteiger partial charge in [-0.3, -0.25) is 4.79 Å². The number of Topliss-reactive ketones (excluding diaryl/α,β-unsaturated/α-hetero) is 1. The molecule has 1 aliphatic heterocycles. The Bertz CT molecular complexity index is 1320. The van der Waals surface area contributed by atoms with E-state index < -0.39 is 0 Å². The summed E-state index contributed by atoms with van der Waals surface area (Å²) in [7, 11) is 0. The average Bonchev–Trinajstić information content (AvgIpc) is 3.18. The van der Waals surface area contributed by atoms with Crippen LogP contribution in [0.25, 0.3) is 0 Å². The molecule has 1 unspecified atom stereocenters. The molecule has 2 heterocycles. The molecule has 7 heteroatoms. The van der Waals surface area contributed by atoms with E-state index in [-0.39, 0.29) is 22.7 Å². The Kier molecular flexibility index (Phi) is 6.09. The monoisotopic (exact) mass is 506 g/mol. The minimum atomic E-state index is -0.291. The maximum Gasteiger partial charge on any atom is 0.227 e. The number of anilines is 1. The predicted molar refractivity (Wildman–Crippen MR) is 143 cm³/mol. The van der Waals surface area contributed by atoms with Crippen LogP contribution < -0.4 is 5.32 Å². The lowest BCUT2D eigenvalue weighted by Crippen LogP contribution is -2.36. The number of halogens is 1. The highest BCUT2D eigenvalue weighted by Crippen LogP contribution is 2.46. The Morgan fingerprint density at radius 3 is 2.51 bits per heavy atom. The van der Waals surface area contributed by atoms with Crippen LogP contribution in [0, 0.1) is 5.41 Å². The minimum Gasteiger partial charge on any atom is -0.328 e. The smallest absolute Gasteiger partial charge is 0.227 e. The lowest BCUT2D eigenvalue weighted by molar-refractivity contribution is -0.118. The molecule has 182 valence electrons. The Morgan fingerprint density at radius 2 is 1.83 bits per heavy atom. The molecule has 0 fully saturated rings. The van der Waals surface area contributed by atoms with Gasteiger partial charge in [-0.2, -0.15) is 4.98 Å². The molecule has 0 bridgehead atoms. The fraction of sp³-hybridized carbons (Fsp3) is 0.393. The molecule has 2 aromatic carbocycles. The SMILES string of the molecule is CC1(C)CC(=O)C2=C(C1)Nc1nc(SCc3ccccc3Cl)nn1C2c1ccc(C(C)(C)C)cc1. The van der Waals surface area contributed by atoms with E-state index in [4.69, 9.17) is 21.7 Å². The van der Waals surface area contributed by atoms with Gasteiger partial charge in [0, 0.05) is 28.5 Å². The molecule has 5 rings (SSSR count). The number of ketones is 1. The van der Waals surface area contributed by atoms with Gasteiger partial charge in [0.05, 0.1) is 0 Å². The van der Waals surface area contributed by atoms with Crippen LogP contribution in [0.2, 0.25) is 5.02 Å². The number of fused-ring (bicyclic) bond motifs is 1. The van der Waals surface area contributed by atoms with E-state index in [2.05, 4.69) is 64.2 Å². The van der Waals surface area contributed by atoms with Crippen LogP contribution in [0.3, 0.4) is 0 Å². The second-order valence-corrected chi connectivity index (χ2v) is 12.6. The van der Waals surface area contributed by atoms with E-state index >= 15 is 0 Å². The van der Waals surface area contributed by atoms with Crippen LogP contribution in [-0.2, 0) is 16.0 Å². The van der Waals surface area contributed by atoms with Crippen molar-refractivity contribution in [2.24, 2.45) is 5.41 Å². The van der Waals surface area contributed by atoms with Gasteiger partial charge in [0.25, 0.3) is 0 Å². The quantitative estimate of drug-likeness (QED) is 0.380. The molecule has 3 aromatic rings. The molecule has 1 aromatic heterocycles. The van der Waals surface area contributed by atoms with Crippen LogP contribution in [0.1, 0.15) is 70.2 Å². The number of nitrogens with one attached hydrogen (secondary N) is 1. The highest BCUT2D eigenvalue weighted by Gasteiger charge is 2.42. The fourth-order valence-corrected chi connectivity index (χ4v) is 6.00. The van der Waals surface area contributed by atoms with E-state index in [9.17, 15) is 4.79 Å². The summed E-state index contributed by atoms with van der Waals surface area (Å²) in [6, 6.07) is 16.1. The van der Waals surface area contributed by atoms with Gasteiger partial charge in [0.2, 0.25) is 11.1 Å². The first-order valence-corrected chi connectivity index (χ1v) is 13.3. The third-order valence-electron chi connectivity index (χ3n) is 6.72. The van der Waals surface area contributed by atoms with Crippen molar-refractivity contribution in [1.29, 1.82) is 0 Å². The van der Waals surface area contributed by atoms with E-state index in [0.717, 1.165) is 33.8 Å². The standard InChI is InChI=1S/C28H31ClN4OS/c1-27(2,3)19-12-10-17(11-13-19)24-23-21(14-28(4,5)15-22(23)34)30-25-31-26(32-33(24)25)35-16-18-8-6-7-9-20(18)29/h6-13,24H,14-16H2,1-5H3,(H,30,31,32). The number of benzene rings is 2. The Hall–Kier alpha value is -2.57. The predicted octanol–water partition coefficient (Wildman–Crippen LogP) is 7.18. The Balaban J connectivity index is 1.54. The molecule has 0 spiro atoms. The summed E-state index contributed by atoms with van der Waals surface area (Å²) < 4.78 is 1.89. The maximum absolute atomic E-state index is 13.4. The highest BCUT2D eigenvalue weighted by atomic mass is 35.5. The van der Waals surface area contributed by atoms with Crippen LogP contribution in [-0.4, -0.2) is 20.5 Å². The number of rotatable bonds is 4. The second kappa shape index (κ2) is 8.82. The van der Waals surface area contributed by atoms with Gasteiger partial charge in [-0.25, -0.2) is 4.68 Å². The number of aromatic nitrogens is 3. The summed E-state index contributed by atoms with van der Waals surface area (Å²) in [6.07, 6.45) is 1.34. The lowest BCUT2D eigenvalue weighted by atomic mass is 9.73. The summed E-state index contributed by atoms with van der Waals surface area (Å²) in [5.74, 6) is 1.54. The largest absolute Gasteiger partial charge is 0.328 e. The van der Waals surface area contributed by atoms with Gasteiger partial charge in [-0.15, -0.1) is 5.10 Å². The average molecular weight is 507 g/mol. The molecule has 0 saturated carbocycles. The van der Waals surface area contributed by atoms with Crippen LogP contribution >= 0.6 is 23.4 Å². The normalized spacial score (nSPS) is 19.3. The van der Waals surface area contributed by atoms with Gasteiger partial charge in [-0.05, 0) is 40.0 Å². The molecule has 1 N–H and O–H groups in total. The third-order valence-corrected chi connectivity index (χ3v) is 7.97. The lowest BCUT2D eigenvalue weighted by Gasteiger charge is -2.38. The van der Waals surface area contributed by atoms with Crippen molar-refractivity contribution in [3.63, 3.8) is 0 Å². The van der Waals surface area contributed by atoms with Crippen molar-refractivity contribution in [3.8, 4) is 0 Å². The molecule has 35 heavy (non-hydrogen) atoms. The van der Waals surface area contributed by atoms with E-state index in [1.807, 2.05) is 28.9 Å². The van der Waals surface area contributed by atoms with Gasteiger partial charge >= 0.3 is 0 Å². The van der Waals surface area contributed by atoms with Gasteiger partial charge in [0.15, 0.2) is 5.78 Å². The zero-order valence-corrected chi connectivity index (χ0v) is 22.4. The zero-order valence-electron chi connectivity index (χ0n) is 20.9. The molecular formula is C28H31ClN4OS. The van der Waals surface area contributed by atoms with Gasteiger partial charge < -0.3 is 5.32 Å². The minimum absolute atomic E-state index is 0.0582. The Morgan fingerprint density at radius 1 is 1.11 bits per heavy atom. The van der Waals surface area contributed by atoms with Crippen LogP contribution in [0.4, 0.5) is 5.95 Å². The summed E-state index contributed by atoms with van der Waals surface area (Å²) in [4.78, 5) is 18.2. The number of hydrogen-bond acceptors (Lipinski definition) is 5. The van der Waals surface area contributed by atoms with Crippen molar-refractivity contribution in [3.05, 3.63) is 81.5 Å². The number of nitrogens with zero attached hydrogens (tertiary/aromatic N) is 3. The molecule has 1 atom stereocenters. The van der Waals surface area contributed by atoms with E-state index in [0.29, 0.717) is 23.3 Å². The number of hydrogen-bond donors (Lipinski definition) is 1. The second-order valence-electron chi connectivity index (χ2n) is 11.3. The third kappa shape index (κ3) is 4.78. The van der Waals surface area contributed by atoms with Crippen molar-refractivity contribution in [2.45, 2.75) is 69.8 Å². The summed E-state index contributed by atoms with van der Waals surface area (Å²) in [5.41, 5.74) is 5.11. The van der Waals surface area contributed by atoms with Crippen LogP contribution in [0.15, 0.2) is 65.0 Å². The molecule has 1 aliphatic carbocycles. The summed E-state index contributed by atoms with van der Waals surface area (Å²) in [6.45, 7) is 10.9. The Labute approximate surface area is 216 Å². The van der Waals surface area contributed by atoms with Crippen molar-refractivity contribution >= 4 is 35.1 Å². The topological polar surface area (TPSA) is 59.8 Å². The first-order chi connectivity index (χ1) is 16.5. The summed E-state index contributed by atoms with van der Waals surface area (Å²) >= 11 is 7.90. The molecular weight excluding hydrogens is 476 g/mol. The summed E-state index contributed by atoms with van der Waals surface area (Å²) in [5, 5.41) is 9.72. The van der Waals surface area contributed by atoms with Gasteiger partial charge in [0.1, 0.15) is 6.04 Å². The molecule has 5 nitrogen and oxygen atoms in total. The zero-order chi connectivity index (χ0) is 25.0.